The standard InChI is InChI=1S/C21H26N2O3/c1-17-8-10-18(11-9-17)5-3-7-20(24)23(14-12-21(25)26-2)16-19-6-4-13-22-15-19/h4,6,8-11,13,15H,3,5,7,12,14,16H2,1-2H3. The summed E-state index contributed by atoms with van der Waals surface area (Å²) in [6, 6.07) is 12.1. The Morgan fingerprint density at radius 3 is 2.50 bits per heavy atom. The zero-order valence-corrected chi connectivity index (χ0v) is 15.5. The fourth-order valence-electron chi connectivity index (χ4n) is 2.69. The van der Waals surface area contributed by atoms with Gasteiger partial charge in [0, 0.05) is 31.9 Å². The van der Waals surface area contributed by atoms with Crippen LogP contribution in [0.5, 0.6) is 0 Å². The first-order chi connectivity index (χ1) is 12.6. The molecule has 1 aromatic carbocycles. The van der Waals surface area contributed by atoms with Crippen LogP contribution in [0.15, 0.2) is 48.8 Å². The van der Waals surface area contributed by atoms with Crippen molar-refractivity contribution in [3.05, 3.63) is 65.5 Å². The van der Waals surface area contributed by atoms with Gasteiger partial charge < -0.3 is 9.64 Å². The number of pyridine rings is 1. The van der Waals surface area contributed by atoms with Crippen LogP contribution in [-0.2, 0) is 27.3 Å². The Labute approximate surface area is 155 Å². The molecule has 0 aliphatic carbocycles. The average molecular weight is 354 g/mol. The maximum Gasteiger partial charge on any atom is 0.307 e. The van der Waals surface area contributed by atoms with E-state index in [-0.39, 0.29) is 18.3 Å². The van der Waals surface area contributed by atoms with E-state index in [2.05, 4.69) is 40.9 Å². The van der Waals surface area contributed by atoms with Gasteiger partial charge in [0.05, 0.1) is 13.5 Å². The highest BCUT2D eigenvalue weighted by Crippen LogP contribution is 2.11. The van der Waals surface area contributed by atoms with Crippen LogP contribution in [0.1, 0.15) is 36.0 Å². The van der Waals surface area contributed by atoms with Crippen molar-refractivity contribution in [2.75, 3.05) is 13.7 Å². The van der Waals surface area contributed by atoms with Gasteiger partial charge in [-0.05, 0) is 37.0 Å². The van der Waals surface area contributed by atoms with Crippen LogP contribution >= 0.6 is 0 Å². The molecule has 0 spiro atoms. The van der Waals surface area contributed by atoms with E-state index in [0.29, 0.717) is 19.5 Å². The lowest BCUT2D eigenvalue weighted by Gasteiger charge is -2.22. The van der Waals surface area contributed by atoms with Crippen LogP contribution in [0.3, 0.4) is 0 Å². The quantitative estimate of drug-likeness (QED) is 0.648. The highest BCUT2D eigenvalue weighted by Gasteiger charge is 2.15. The Morgan fingerprint density at radius 2 is 1.85 bits per heavy atom. The first-order valence-corrected chi connectivity index (χ1v) is 8.87. The highest BCUT2D eigenvalue weighted by atomic mass is 16.5. The van der Waals surface area contributed by atoms with E-state index in [1.807, 2.05) is 12.1 Å². The maximum atomic E-state index is 12.6. The lowest BCUT2D eigenvalue weighted by Crippen LogP contribution is -2.32. The molecule has 0 atom stereocenters. The molecule has 26 heavy (non-hydrogen) atoms. The molecule has 0 fully saturated rings. The van der Waals surface area contributed by atoms with Crippen LogP contribution < -0.4 is 0 Å². The van der Waals surface area contributed by atoms with Crippen molar-refractivity contribution in [2.45, 2.75) is 39.2 Å². The number of carbonyl (C=O) groups is 2. The number of aromatic nitrogens is 1. The monoisotopic (exact) mass is 354 g/mol. The van der Waals surface area contributed by atoms with E-state index >= 15 is 0 Å². The van der Waals surface area contributed by atoms with Crippen molar-refractivity contribution in [3.8, 4) is 0 Å². The second kappa shape index (κ2) is 10.3. The molecular formula is C21H26N2O3. The molecule has 0 N–H and O–H groups in total. The number of methoxy groups -OCH3 is 1. The average Bonchev–Trinajstić information content (AvgIpc) is 2.67. The number of nitrogens with zero attached hydrogens (tertiary/aromatic N) is 2. The highest BCUT2D eigenvalue weighted by molar-refractivity contribution is 5.77. The minimum Gasteiger partial charge on any atom is -0.469 e. The molecule has 0 saturated carbocycles. The number of aryl methyl sites for hydroxylation is 2. The molecular weight excluding hydrogens is 328 g/mol. The summed E-state index contributed by atoms with van der Waals surface area (Å²) in [6.45, 7) is 2.87. The summed E-state index contributed by atoms with van der Waals surface area (Å²) in [7, 11) is 1.36. The normalized spacial score (nSPS) is 10.4. The number of benzene rings is 1. The second-order valence-electron chi connectivity index (χ2n) is 6.34. The summed E-state index contributed by atoms with van der Waals surface area (Å²) in [5, 5.41) is 0. The zero-order chi connectivity index (χ0) is 18.8. The Morgan fingerprint density at radius 1 is 1.08 bits per heavy atom. The van der Waals surface area contributed by atoms with E-state index in [4.69, 9.17) is 0 Å². The van der Waals surface area contributed by atoms with Gasteiger partial charge in [0.2, 0.25) is 5.91 Å². The van der Waals surface area contributed by atoms with E-state index in [1.165, 1.54) is 18.2 Å². The van der Waals surface area contributed by atoms with Gasteiger partial charge >= 0.3 is 5.97 Å². The van der Waals surface area contributed by atoms with Crippen molar-refractivity contribution < 1.29 is 14.3 Å². The molecule has 5 heteroatoms. The molecule has 5 nitrogen and oxygen atoms in total. The van der Waals surface area contributed by atoms with Crippen molar-refractivity contribution in [3.63, 3.8) is 0 Å². The molecule has 1 aromatic heterocycles. The summed E-state index contributed by atoms with van der Waals surface area (Å²) in [5.74, 6) is -0.265. The van der Waals surface area contributed by atoms with E-state index in [1.54, 1.807) is 17.3 Å². The Bertz CT molecular complexity index is 699. The first kappa shape index (κ1) is 19.6. The van der Waals surface area contributed by atoms with Crippen molar-refractivity contribution in [1.29, 1.82) is 0 Å². The minimum atomic E-state index is -0.311. The summed E-state index contributed by atoms with van der Waals surface area (Å²) < 4.78 is 4.69. The molecule has 0 aliphatic heterocycles. The fourth-order valence-corrected chi connectivity index (χ4v) is 2.69. The molecule has 2 aromatic rings. The van der Waals surface area contributed by atoms with Crippen molar-refractivity contribution in [2.24, 2.45) is 0 Å². The molecule has 1 heterocycles. The van der Waals surface area contributed by atoms with Gasteiger partial charge in [0.25, 0.3) is 0 Å². The van der Waals surface area contributed by atoms with Crippen LogP contribution in [-0.4, -0.2) is 35.4 Å². The second-order valence-corrected chi connectivity index (χ2v) is 6.34. The van der Waals surface area contributed by atoms with E-state index < -0.39 is 0 Å². The molecule has 1 amide bonds. The Kier molecular flexibility index (Phi) is 7.80. The third-order valence-electron chi connectivity index (χ3n) is 4.24. The van der Waals surface area contributed by atoms with E-state index in [9.17, 15) is 9.59 Å². The summed E-state index contributed by atoms with van der Waals surface area (Å²) in [5.41, 5.74) is 3.41. The minimum absolute atomic E-state index is 0.0462. The molecule has 0 unspecified atom stereocenters. The molecule has 2 rings (SSSR count). The molecule has 138 valence electrons. The molecule has 0 bridgehead atoms. The third kappa shape index (κ3) is 6.67. The Hall–Kier alpha value is -2.69. The molecule has 0 radical (unpaired) electrons. The van der Waals surface area contributed by atoms with Crippen molar-refractivity contribution in [1.82, 2.24) is 9.88 Å². The third-order valence-corrected chi connectivity index (χ3v) is 4.24. The predicted octanol–water partition coefficient (Wildman–Crippen LogP) is 3.30. The zero-order valence-electron chi connectivity index (χ0n) is 15.5. The summed E-state index contributed by atoms with van der Waals surface area (Å²) >= 11 is 0. The van der Waals surface area contributed by atoms with Crippen molar-refractivity contribution >= 4 is 11.9 Å². The number of carbonyl (C=O) groups excluding carboxylic acids is 2. The van der Waals surface area contributed by atoms with Gasteiger partial charge in [0.1, 0.15) is 0 Å². The summed E-state index contributed by atoms with van der Waals surface area (Å²) in [4.78, 5) is 29.9. The smallest absolute Gasteiger partial charge is 0.307 e. The number of esters is 1. The van der Waals surface area contributed by atoms with Gasteiger partial charge in [-0.2, -0.15) is 0 Å². The van der Waals surface area contributed by atoms with Crippen LogP contribution in [0, 0.1) is 6.92 Å². The van der Waals surface area contributed by atoms with Gasteiger partial charge in [-0.1, -0.05) is 35.9 Å². The van der Waals surface area contributed by atoms with Gasteiger partial charge in [0.15, 0.2) is 0 Å². The topological polar surface area (TPSA) is 59.5 Å². The predicted molar refractivity (Wildman–Crippen MR) is 100 cm³/mol. The SMILES string of the molecule is COC(=O)CCN(Cc1cccnc1)C(=O)CCCc1ccc(C)cc1. The number of hydrogen-bond donors (Lipinski definition) is 0. The van der Waals surface area contributed by atoms with Crippen LogP contribution in [0.25, 0.3) is 0 Å². The van der Waals surface area contributed by atoms with Gasteiger partial charge in [-0.3, -0.25) is 14.6 Å². The largest absolute Gasteiger partial charge is 0.469 e. The number of amides is 1. The Balaban J connectivity index is 1.90. The fraction of sp³-hybridized carbons (Fsp3) is 0.381. The first-order valence-electron chi connectivity index (χ1n) is 8.87. The van der Waals surface area contributed by atoms with Gasteiger partial charge in [-0.15, -0.1) is 0 Å². The lowest BCUT2D eigenvalue weighted by molar-refractivity contribution is -0.142. The maximum absolute atomic E-state index is 12.6. The number of hydrogen-bond acceptors (Lipinski definition) is 4. The lowest BCUT2D eigenvalue weighted by atomic mass is 10.1. The van der Waals surface area contributed by atoms with Crippen LogP contribution in [0.2, 0.25) is 0 Å². The van der Waals surface area contributed by atoms with Crippen LogP contribution in [0.4, 0.5) is 0 Å². The van der Waals surface area contributed by atoms with E-state index in [0.717, 1.165) is 18.4 Å². The summed E-state index contributed by atoms with van der Waals surface area (Å²) in [6.07, 6.45) is 5.74. The molecule has 0 saturated heterocycles. The van der Waals surface area contributed by atoms with Gasteiger partial charge in [-0.25, -0.2) is 0 Å². The molecule has 0 aliphatic rings. The number of rotatable bonds is 9. The number of ether oxygens (including phenoxy) is 1.